The predicted octanol–water partition coefficient (Wildman–Crippen LogP) is 4.45. The third-order valence-corrected chi connectivity index (χ3v) is 5.46. The van der Waals surface area contributed by atoms with Crippen molar-refractivity contribution in [1.82, 2.24) is 9.66 Å². The standard InChI is InChI=1S/C25H19ClN4O6/c1-15(25(32)35-2)36-22-19(26)12-16(13-21(22)30(33)34)14-27-29-23(17-8-4-3-5-9-17)28-20-11-7-6-10-18(20)24(29)31/h3-15H,1-2H3/t15-/m0/s1. The first kappa shape index (κ1) is 24.6. The van der Waals surface area contributed by atoms with Crippen LogP contribution in [0.25, 0.3) is 22.3 Å². The number of methoxy groups -OCH3 is 1. The second kappa shape index (κ2) is 10.4. The monoisotopic (exact) mass is 506 g/mol. The van der Waals surface area contributed by atoms with Gasteiger partial charge in [-0.15, -0.1) is 0 Å². The van der Waals surface area contributed by atoms with Gasteiger partial charge in [-0.25, -0.2) is 9.78 Å². The molecule has 0 N–H and O–H groups in total. The van der Waals surface area contributed by atoms with Crippen LogP contribution >= 0.6 is 11.6 Å². The molecule has 0 amide bonds. The Bertz CT molecular complexity index is 1550. The first-order chi connectivity index (χ1) is 17.3. The quantitative estimate of drug-likeness (QED) is 0.157. The van der Waals surface area contributed by atoms with Crippen LogP contribution in [0.4, 0.5) is 5.69 Å². The van der Waals surface area contributed by atoms with E-state index in [9.17, 15) is 19.7 Å². The van der Waals surface area contributed by atoms with E-state index in [0.717, 1.165) is 4.68 Å². The van der Waals surface area contributed by atoms with E-state index in [1.165, 1.54) is 32.4 Å². The van der Waals surface area contributed by atoms with Gasteiger partial charge in [0.1, 0.15) is 0 Å². The summed E-state index contributed by atoms with van der Waals surface area (Å²) in [5.41, 5.74) is 0.494. The van der Waals surface area contributed by atoms with E-state index >= 15 is 0 Å². The van der Waals surface area contributed by atoms with E-state index in [1.807, 2.05) is 18.2 Å². The number of nitrogens with zero attached hydrogens (tertiary/aromatic N) is 4. The van der Waals surface area contributed by atoms with Crippen molar-refractivity contribution in [3.63, 3.8) is 0 Å². The molecule has 182 valence electrons. The summed E-state index contributed by atoms with van der Waals surface area (Å²) in [6.07, 6.45) is 0.137. The lowest BCUT2D eigenvalue weighted by Crippen LogP contribution is -2.25. The molecule has 0 aliphatic carbocycles. The number of rotatable bonds is 7. The molecule has 0 radical (unpaired) electrons. The SMILES string of the molecule is COC(=O)[C@H](C)Oc1c(Cl)cc(C=Nn2c(-c3ccccc3)nc3ccccc3c2=O)cc1[N+](=O)[O-]. The van der Waals surface area contributed by atoms with Crippen molar-refractivity contribution in [3.8, 4) is 17.1 Å². The van der Waals surface area contributed by atoms with Gasteiger partial charge in [0, 0.05) is 17.2 Å². The van der Waals surface area contributed by atoms with Crippen LogP contribution in [0.15, 0.2) is 76.6 Å². The second-order valence-corrected chi connectivity index (χ2v) is 7.98. The summed E-state index contributed by atoms with van der Waals surface area (Å²) in [5, 5.41) is 16.2. The number of esters is 1. The molecule has 36 heavy (non-hydrogen) atoms. The number of benzene rings is 3. The van der Waals surface area contributed by atoms with Crippen LogP contribution in [-0.2, 0) is 9.53 Å². The highest BCUT2D eigenvalue weighted by Gasteiger charge is 2.25. The largest absolute Gasteiger partial charge is 0.471 e. The summed E-state index contributed by atoms with van der Waals surface area (Å²) in [6.45, 7) is 1.38. The van der Waals surface area contributed by atoms with Gasteiger partial charge in [-0.1, -0.05) is 54.1 Å². The van der Waals surface area contributed by atoms with Crippen LogP contribution in [-0.4, -0.2) is 40.0 Å². The van der Waals surface area contributed by atoms with E-state index in [0.29, 0.717) is 22.3 Å². The Labute approximate surface area is 209 Å². The minimum absolute atomic E-state index is 0.117. The first-order valence-corrected chi connectivity index (χ1v) is 11.0. The molecule has 0 spiro atoms. The molecule has 0 fully saturated rings. The normalized spacial score (nSPS) is 12.0. The van der Waals surface area contributed by atoms with E-state index in [2.05, 4.69) is 14.8 Å². The molecule has 4 aromatic rings. The second-order valence-electron chi connectivity index (χ2n) is 7.57. The summed E-state index contributed by atoms with van der Waals surface area (Å²) in [7, 11) is 1.17. The number of nitro benzene ring substituents is 1. The van der Waals surface area contributed by atoms with Crippen LogP contribution in [0.3, 0.4) is 0 Å². The summed E-state index contributed by atoms with van der Waals surface area (Å²) < 4.78 is 11.1. The van der Waals surface area contributed by atoms with Gasteiger partial charge in [0.05, 0.1) is 34.2 Å². The van der Waals surface area contributed by atoms with Crippen molar-refractivity contribution in [2.45, 2.75) is 13.0 Å². The van der Waals surface area contributed by atoms with E-state index < -0.39 is 28.2 Å². The molecule has 11 heteroatoms. The fraction of sp³-hybridized carbons (Fsp3) is 0.120. The maximum Gasteiger partial charge on any atom is 0.346 e. The van der Waals surface area contributed by atoms with Crippen LogP contribution in [0.2, 0.25) is 5.02 Å². The molecule has 4 rings (SSSR count). The van der Waals surface area contributed by atoms with E-state index in [4.69, 9.17) is 16.3 Å². The molecule has 0 bridgehead atoms. The Balaban J connectivity index is 1.82. The molecule has 0 unspecified atom stereocenters. The number of carbonyl (C=O) groups is 1. The number of hydrogen-bond donors (Lipinski definition) is 0. The van der Waals surface area contributed by atoms with Crippen molar-refractivity contribution in [1.29, 1.82) is 0 Å². The van der Waals surface area contributed by atoms with Crippen molar-refractivity contribution in [2.75, 3.05) is 7.11 Å². The molecular weight excluding hydrogens is 488 g/mol. The van der Waals surface area contributed by atoms with Gasteiger partial charge in [0.2, 0.25) is 5.75 Å². The lowest BCUT2D eigenvalue weighted by Gasteiger charge is -2.14. The van der Waals surface area contributed by atoms with Crippen molar-refractivity contribution < 1.29 is 19.2 Å². The molecule has 1 atom stereocenters. The zero-order valence-corrected chi connectivity index (χ0v) is 19.9. The Morgan fingerprint density at radius 1 is 1.17 bits per heavy atom. The van der Waals surface area contributed by atoms with Gasteiger partial charge in [-0.2, -0.15) is 9.78 Å². The van der Waals surface area contributed by atoms with Crippen LogP contribution in [0, 0.1) is 10.1 Å². The average molecular weight is 507 g/mol. The van der Waals surface area contributed by atoms with Gasteiger partial charge in [-0.3, -0.25) is 14.9 Å². The highest BCUT2D eigenvalue weighted by Crippen LogP contribution is 2.36. The van der Waals surface area contributed by atoms with Gasteiger partial charge in [0.25, 0.3) is 5.56 Å². The molecular formula is C25H19ClN4O6. The zero-order chi connectivity index (χ0) is 25.8. The summed E-state index contributed by atoms with van der Waals surface area (Å²) in [5.74, 6) is -0.711. The van der Waals surface area contributed by atoms with Crippen molar-refractivity contribution in [3.05, 3.63) is 97.8 Å². The van der Waals surface area contributed by atoms with Gasteiger partial charge < -0.3 is 9.47 Å². The first-order valence-electron chi connectivity index (χ1n) is 10.6. The van der Waals surface area contributed by atoms with Gasteiger partial charge >= 0.3 is 11.7 Å². The molecule has 1 aromatic heterocycles. The highest BCUT2D eigenvalue weighted by atomic mass is 35.5. The summed E-state index contributed by atoms with van der Waals surface area (Å²) >= 11 is 6.26. The van der Waals surface area contributed by atoms with Crippen LogP contribution in [0.5, 0.6) is 5.75 Å². The number of carbonyl (C=O) groups excluding carboxylic acids is 1. The number of aromatic nitrogens is 2. The van der Waals surface area contributed by atoms with Gasteiger partial charge in [-0.05, 0) is 25.1 Å². The molecule has 3 aromatic carbocycles. The van der Waals surface area contributed by atoms with E-state index in [-0.39, 0.29) is 16.3 Å². The minimum atomic E-state index is -1.12. The van der Waals surface area contributed by atoms with E-state index in [1.54, 1.807) is 36.4 Å². The zero-order valence-electron chi connectivity index (χ0n) is 19.1. The maximum atomic E-state index is 13.3. The van der Waals surface area contributed by atoms with Gasteiger partial charge in [0.15, 0.2) is 11.9 Å². The fourth-order valence-electron chi connectivity index (χ4n) is 3.45. The Morgan fingerprint density at radius 2 is 1.86 bits per heavy atom. The minimum Gasteiger partial charge on any atom is -0.471 e. The maximum absolute atomic E-state index is 13.3. The number of nitro groups is 1. The lowest BCUT2D eigenvalue weighted by molar-refractivity contribution is -0.386. The topological polar surface area (TPSA) is 126 Å². The third-order valence-electron chi connectivity index (χ3n) is 5.18. The number of ether oxygens (including phenoxy) is 2. The number of para-hydroxylation sites is 1. The molecule has 0 saturated carbocycles. The molecule has 0 aliphatic heterocycles. The third kappa shape index (κ3) is 4.93. The van der Waals surface area contributed by atoms with Crippen molar-refractivity contribution >= 4 is 40.4 Å². The Morgan fingerprint density at radius 3 is 2.56 bits per heavy atom. The number of hydrogen-bond acceptors (Lipinski definition) is 8. The molecule has 10 nitrogen and oxygen atoms in total. The molecule has 0 aliphatic rings. The summed E-state index contributed by atoms with van der Waals surface area (Å²) in [4.78, 5) is 40.6. The number of fused-ring (bicyclic) bond motifs is 1. The lowest BCUT2D eigenvalue weighted by atomic mass is 10.2. The summed E-state index contributed by atoms with van der Waals surface area (Å²) in [6, 6.07) is 18.5. The highest BCUT2D eigenvalue weighted by molar-refractivity contribution is 6.32. The number of halogens is 1. The Kier molecular flexibility index (Phi) is 7.07. The average Bonchev–Trinajstić information content (AvgIpc) is 2.89. The van der Waals surface area contributed by atoms with Crippen LogP contribution in [0.1, 0.15) is 12.5 Å². The Hall–Kier alpha value is -4.57. The molecule has 1 heterocycles. The van der Waals surface area contributed by atoms with Crippen LogP contribution < -0.4 is 10.3 Å². The van der Waals surface area contributed by atoms with Crippen molar-refractivity contribution in [2.24, 2.45) is 5.10 Å². The smallest absolute Gasteiger partial charge is 0.346 e. The fourth-order valence-corrected chi connectivity index (χ4v) is 3.71. The molecule has 0 saturated heterocycles. The predicted molar refractivity (Wildman–Crippen MR) is 135 cm³/mol.